The Morgan fingerprint density at radius 2 is 1.83 bits per heavy atom. The van der Waals surface area contributed by atoms with E-state index in [0.29, 0.717) is 23.9 Å². The van der Waals surface area contributed by atoms with Crippen LogP contribution >= 0.6 is 0 Å². The Hall–Kier alpha value is -3.16. The predicted octanol–water partition coefficient (Wildman–Crippen LogP) is 2.57. The quantitative estimate of drug-likeness (QED) is 0.393. The van der Waals surface area contributed by atoms with Gasteiger partial charge in [0.25, 0.3) is 0 Å². The summed E-state index contributed by atoms with van der Waals surface area (Å²) in [6.07, 6.45) is -5.64. The Morgan fingerprint density at radius 1 is 1.17 bits per heavy atom. The minimum absolute atomic E-state index is 0.0198. The number of sulfonamides is 1. The summed E-state index contributed by atoms with van der Waals surface area (Å²) in [5, 5.41) is 7.44. The van der Waals surface area contributed by atoms with E-state index in [1.165, 1.54) is 11.9 Å². The molecule has 2 aromatic carbocycles. The number of alkyl halides is 3. The highest BCUT2D eigenvalue weighted by Gasteiger charge is 2.34. The smallest absolute Gasteiger partial charge is 0.416 e. The van der Waals surface area contributed by atoms with Gasteiger partial charge in [0.15, 0.2) is 0 Å². The molecule has 1 saturated heterocycles. The molecule has 3 rings (SSSR count). The topological polar surface area (TPSA) is 120 Å². The lowest BCUT2D eigenvalue weighted by Crippen LogP contribution is -2.38. The second kappa shape index (κ2) is 10.2. The fourth-order valence-electron chi connectivity index (χ4n) is 3.53. The zero-order valence-corrected chi connectivity index (χ0v) is 19.9. The molecule has 1 unspecified atom stereocenters. The van der Waals surface area contributed by atoms with Gasteiger partial charge in [0.1, 0.15) is 11.9 Å². The first kappa shape index (κ1) is 26.4. The number of benzene rings is 2. The number of nitrogens with two attached hydrogens (primary N) is 1. The number of likely N-dealkylation sites (N-methyl/N-ethyl adjacent to an activating group) is 2. The minimum Gasteiger partial charge on any atom is -0.443 e. The summed E-state index contributed by atoms with van der Waals surface area (Å²) in [5.74, 6) is -0.0833. The number of ether oxygens (including phenoxy) is 1. The summed E-state index contributed by atoms with van der Waals surface area (Å²) in [4.78, 5) is 15.1. The highest BCUT2D eigenvalue weighted by atomic mass is 32.2. The van der Waals surface area contributed by atoms with Crippen LogP contribution in [-0.4, -0.2) is 75.9 Å². The van der Waals surface area contributed by atoms with Crippen molar-refractivity contribution in [3.63, 3.8) is 0 Å². The van der Waals surface area contributed by atoms with E-state index in [2.05, 4.69) is 0 Å². The molecule has 0 radical (unpaired) electrons. The van der Waals surface area contributed by atoms with E-state index >= 15 is 0 Å². The van der Waals surface area contributed by atoms with Crippen LogP contribution in [0.4, 0.5) is 23.7 Å². The first-order chi connectivity index (χ1) is 16.3. The number of amides is 1. The van der Waals surface area contributed by atoms with Gasteiger partial charge >= 0.3 is 12.3 Å². The normalized spacial score (nSPS) is 16.7. The number of nitrogen functional groups attached to an aromatic ring is 1. The van der Waals surface area contributed by atoms with E-state index in [1.54, 1.807) is 36.2 Å². The van der Waals surface area contributed by atoms with Gasteiger partial charge in [-0.05, 0) is 49.5 Å². The molecule has 1 fully saturated rings. The molecule has 9 nitrogen and oxygen atoms in total. The molecule has 13 heteroatoms. The molecule has 2 aromatic rings. The Balaban J connectivity index is 1.56. The monoisotopic (exact) mass is 513 g/mol. The van der Waals surface area contributed by atoms with Crippen molar-refractivity contribution in [2.45, 2.75) is 17.2 Å². The third kappa shape index (κ3) is 6.29. The highest BCUT2D eigenvalue weighted by molar-refractivity contribution is 7.89. The van der Waals surface area contributed by atoms with Gasteiger partial charge in [0.2, 0.25) is 10.0 Å². The zero-order valence-electron chi connectivity index (χ0n) is 19.1. The Bertz CT molecular complexity index is 1190. The van der Waals surface area contributed by atoms with Crippen LogP contribution in [0.25, 0.3) is 0 Å². The van der Waals surface area contributed by atoms with Crippen LogP contribution in [0, 0.1) is 5.41 Å². The van der Waals surface area contributed by atoms with E-state index in [-0.39, 0.29) is 25.5 Å². The summed E-state index contributed by atoms with van der Waals surface area (Å²) >= 11 is 0. The molecule has 0 aliphatic carbocycles. The summed E-state index contributed by atoms with van der Waals surface area (Å²) in [6.45, 7) is 0.883. The molecule has 0 spiro atoms. The maximum atomic E-state index is 12.9. The third-order valence-electron chi connectivity index (χ3n) is 5.55. The number of rotatable bonds is 9. The molecular weight excluding hydrogens is 487 g/mol. The lowest BCUT2D eigenvalue weighted by Gasteiger charge is -2.23. The van der Waals surface area contributed by atoms with Crippen molar-refractivity contribution in [1.29, 1.82) is 5.41 Å². The number of carbonyl (C=O) groups is 1. The molecule has 1 aliphatic rings. The van der Waals surface area contributed by atoms with Crippen molar-refractivity contribution < 1.29 is 31.1 Å². The van der Waals surface area contributed by atoms with Gasteiger partial charge in [-0.2, -0.15) is 17.5 Å². The molecule has 190 valence electrons. The minimum atomic E-state index is -4.65. The number of anilines is 1. The van der Waals surface area contributed by atoms with Gasteiger partial charge in [-0.25, -0.2) is 13.2 Å². The number of hydrogen-bond acceptors (Lipinski definition) is 6. The van der Waals surface area contributed by atoms with Crippen molar-refractivity contribution in [3.05, 3.63) is 59.7 Å². The third-order valence-corrected chi connectivity index (χ3v) is 7.40. The van der Waals surface area contributed by atoms with Crippen molar-refractivity contribution in [3.8, 4) is 0 Å². The zero-order chi connectivity index (χ0) is 26.0. The summed E-state index contributed by atoms with van der Waals surface area (Å²) in [6, 6.07) is 10.2. The van der Waals surface area contributed by atoms with Crippen LogP contribution in [0.5, 0.6) is 0 Å². The standard InChI is InChI=1S/C22H26F3N5O4S/c1-28(10-11-29(2)35(32,33)19-5-3-4-16(12-19)22(23,24)25)13-18-14-30(21(31)34-18)17-8-6-15(7-9-17)20(26)27/h3-9,12,18H,10-11,13-14H2,1-2H3,(H3,26,27). The molecule has 35 heavy (non-hydrogen) atoms. The van der Waals surface area contributed by atoms with E-state index in [1.807, 2.05) is 0 Å². The Morgan fingerprint density at radius 3 is 2.43 bits per heavy atom. The summed E-state index contributed by atoms with van der Waals surface area (Å²) in [7, 11) is -1.10. The second-order valence-electron chi connectivity index (χ2n) is 8.19. The molecule has 3 N–H and O–H groups in total. The maximum absolute atomic E-state index is 12.9. The lowest BCUT2D eigenvalue weighted by atomic mass is 10.2. The van der Waals surface area contributed by atoms with Crippen molar-refractivity contribution >= 4 is 27.6 Å². The van der Waals surface area contributed by atoms with E-state index in [4.69, 9.17) is 15.9 Å². The first-order valence-corrected chi connectivity index (χ1v) is 12.0. The number of nitrogens with zero attached hydrogens (tertiary/aromatic N) is 3. The molecule has 0 saturated carbocycles. The molecule has 1 heterocycles. The second-order valence-corrected chi connectivity index (χ2v) is 10.2. The average molecular weight is 514 g/mol. The van der Waals surface area contributed by atoms with Crippen LogP contribution in [-0.2, 0) is 20.9 Å². The number of hydrogen-bond donors (Lipinski definition) is 2. The van der Waals surface area contributed by atoms with E-state index in [0.717, 1.165) is 22.5 Å². The number of nitrogens with one attached hydrogen (secondary N) is 1. The van der Waals surface area contributed by atoms with Crippen LogP contribution in [0.15, 0.2) is 53.4 Å². The predicted molar refractivity (Wildman–Crippen MR) is 124 cm³/mol. The molecule has 1 atom stereocenters. The Kier molecular flexibility index (Phi) is 7.72. The molecular formula is C22H26F3N5O4S. The lowest BCUT2D eigenvalue weighted by molar-refractivity contribution is -0.137. The molecule has 1 amide bonds. The van der Waals surface area contributed by atoms with Gasteiger partial charge < -0.3 is 15.4 Å². The van der Waals surface area contributed by atoms with Crippen LogP contribution in [0.2, 0.25) is 0 Å². The number of cyclic esters (lactones) is 1. The SMILES string of the molecule is CN(CCN(C)S(=O)(=O)c1cccc(C(F)(F)F)c1)CC1CN(c2ccc(C(=N)N)cc2)C(=O)O1. The summed E-state index contributed by atoms with van der Waals surface area (Å²) in [5.41, 5.74) is 5.53. The van der Waals surface area contributed by atoms with Gasteiger partial charge in [-0.3, -0.25) is 10.3 Å². The summed E-state index contributed by atoms with van der Waals surface area (Å²) < 4.78 is 70.7. The fraction of sp³-hybridized carbons (Fsp3) is 0.364. The van der Waals surface area contributed by atoms with Gasteiger partial charge in [0.05, 0.1) is 17.0 Å². The van der Waals surface area contributed by atoms with E-state index in [9.17, 15) is 26.4 Å². The largest absolute Gasteiger partial charge is 0.443 e. The number of carbonyl (C=O) groups excluding carboxylic acids is 1. The van der Waals surface area contributed by atoms with E-state index < -0.39 is 38.9 Å². The fourth-order valence-corrected chi connectivity index (χ4v) is 4.74. The van der Waals surface area contributed by atoms with Crippen LogP contribution < -0.4 is 10.6 Å². The van der Waals surface area contributed by atoms with Gasteiger partial charge in [0, 0.05) is 37.9 Å². The highest BCUT2D eigenvalue weighted by Crippen LogP contribution is 2.31. The van der Waals surface area contributed by atoms with Crippen molar-refractivity contribution in [2.75, 3.05) is 45.2 Å². The average Bonchev–Trinajstić information content (AvgIpc) is 3.16. The maximum Gasteiger partial charge on any atom is 0.416 e. The first-order valence-electron chi connectivity index (χ1n) is 10.5. The Labute approximate surface area is 201 Å². The van der Waals surface area contributed by atoms with Gasteiger partial charge in [-0.15, -0.1) is 0 Å². The number of amidine groups is 1. The molecule has 1 aliphatic heterocycles. The van der Waals surface area contributed by atoms with Crippen LogP contribution in [0.1, 0.15) is 11.1 Å². The van der Waals surface area contributed by atoms with Crippen molar-refractivity contribution in [1.82, 2.24) is 9.21 Å². The molecule has 0 aromatic heterocycles. The van der Waals surface area contributed by atoms with Crippen LogP contribution in [0.3, 0.4) is 0 Å². The van der Waals surface area contributed by atoms with Crippen molar-refractivity contribution in [2.24, 2.45) is 5.73 Å². The molecule has 0 bridgehead atoms. The number of halogens is 3. The van der Waals surface area contributed by atoms with Gasteiger partial charge in [-0.1, -0.05) is 6.07 Å².